The molecule has 0 saturated heterocycles. The largest absolute Gasteiger partial charge is 0.497 e. The summed E-state index contributed by atoms with van der Waals surface area (Å²) in [6.07, 6.45) is 0.289. The summed E-state index contributed by atoms with van der Waals surface area (Å²) in [6.45, 7) is 0.497. The topological polar surface area (TPSA) is 51.2 Å². The van der Waals surface area contributed by atoms with Crippen molar-refractivity contribution >= 4 is 28.8 Å². The minimum absolute atomic E-state index is 0.0451. The van der Waals surface area contributed by atoms with Gasteiger partial charge in [-0.2, -0.15) is 0 Å². The molecule has 0 saturated carbocycles. The van der Waals surface area contributed by atoms with E-state index < -0.39 is 0 Å². The molecule has 1 aromatic heterocycles. The Kier molecular flexibility index (Phi) is 5.38. The van der Waals surface area contributed by atoms with Gasteiger partial charge in [0.25, 0.3) is 0 Å². The van der Waals surface area contributed by atoms with Crippen LogP contribution >= 0.6 is 22.9 Å². The molecule has 1 aromatic carbocycles. The molecule has 1 N–H and O–H groups in total. The molecule has 0 bridgehead atoms. The van der Waals surface area contributed by atoms with Gasteiger partial charge in [-0.15, -0.1) is 22.9 Å². The Morgan fingerprint density at radius 3 is 2.75 bits per heavy atom. The number of aromatic nitrogens is 1. The van der Waals surface area contributed by atoms with E-state index in [1.165, 1.54) is 11.3 Å². The van der Waals surface area contributed by atoms with Crippen LogP contribution in [0, 0.1) is 0 Å². The van der Waals surface area contributed by atoms with E-state index in [-0.39, 0.29) is 12.3 Å². The molecule has 2 rings (SSSR count). The zero-order valence-electron chi connectivity index (χ0n) is 11.1. The van der Waals surface area contributed by atoms with Crippen LogP contribution in [0.15, 0.2) is 29.6 Å². The van der Waals surface area contributed by atoms with Gasteiger partial charge in [0.05, 0.1) is 25.1 Å². The number of ether oxygens (including phenoxy) is 1. The standard InChI is InChI=1S/C14H15ClN2O2S/c1-19-12-4-2-10(3-5-12)8-16-13(18)6-14-17-11(7-15)9-20-14/h2-5,9H,6-8H2,1H3,(H,16,18). The number of thiazole rings is 1. The van der Waals surface area contributed by atoms with Crippen LogP contribution in [-0.2, 0) is 23.6 Å². The fraction of sp³-hybridized carbons (Fsp3) is 0.286. The zero-order chi connectivity index (χ0) is 14.4. The van der Waals surface area contributed by atoms with E-state index in [4.69, 9.17) is 16.3 Å². The first-order valence-corrected chi connectivity index (χ1v) is 7.51. The summed E-state index contributed by atoms with van der Waals surface area (Å²) in [6, 6.07) is 7.59. The minimum atomic E-state index is -0.0451. The third-order valence-corrected chi connectivity index (χ3v) is 3.87. The Balaban J connectivity index is 1.82. The van der Waals surface area contributed by atoms with Gasteiger partial charge in [-0.05, 0) is 17.7 Å². The van der Waals surface area contributed by atoms with Crippen molar-refractivity contribution < 1.29 is 9.53 Å². The molecule has 4 nitrogen and oxygen atoms in total. The molecule has 2 aromatic rings. The number of rotatable bonds is 6. The fourth-order valence-corrected chi connectivity index (χ4v) is 2.66. The second kappa shape index (κ2) is 7.26. The molecule has 0 aliphatic rings. The lowest BCUT2D eigenvalue weighted by Crippen LogP contribution is -2.24. The number of nitrogens with zero attached hydrogens (tertiary/aromatic N) is 1. The average Bonchev–Trinajstić information content (AvgIpc) is 2.93. The monoisotopic (exact) mass is 310 g/mol. The number of benzene rings is 1. The summed E-state index contributed by atoms with van der Waals surface area (Å²) >= 11 is 7.13. The van der Waals surface area contributed by atoms with Gasteiger partial charge in [0, 0.05) is 11.9 Å². The zero-order valence-corrected chi connectivity index (χ0v) is 12.6. The molecular formula is C14H15ClN2O2S. The maximum atomic E-state index is 11.8. The van der Waals surface area contributed by atoms with E-state index in [9.17, 15) is 4.79 Å². The van der Waals surface area contributed by atoms with Crippen LogP contribution < -0.4 is 10.1 Å². The Morgan fingerprint density at radius 1 is 1.40 bits per heavy atom. The summed E-state index contributed by atoms with van der Waals surface area (Å²) < 4.78 is 5.08. The molecule has 0 spiro atoms. The molecule has 0 atom stereocenters. The van der Waals surface area contributed by atoms with Gasteiger partial charge in [0.15, 0.2) is 0 Å². The lowest BCUT2D eigenvalue weighted by atomic mass is 10.2. The molecule has 0 fully saturated rings. The third-order valence-electron chi connectivity index (χ3n) is 2.70. The predicted octanol–water partition coefficient (Wildman–Crippen LogP) is 2.75. The van der Waals surface area contributed by atoms with Crippen molar-refractivity contribution in [3.63, 3.8) is 0 Å². The van der Waals surface area contributed by atoms with E-state index in [2.05, 4.69) is 10.3 Å². The molecule has 20 heavy (non-hydrogen) atoms. The van der Waals surface area contributed by atoms with Crippen molar-refractivity contribution in [2.24, 2.45) is 0 Å². The quantitative estimate of drug-likeness (QED) is 0.835. The van der Waals surface area contributed by atoms with Gasteiger partial charge in [0.2, 0.25) is 5.91 Å². The van der Waals surface area contributed by atoms with E-state index in [1.807, 2.05) is 29.6 Å². The van der Waals surface area contributed by atoms with Crippen molar-refractivity contribution in [2.45, 2.75) is 18.8 Å². The molecule has 106 valence electrons. The lowest BCUT2D eigenvalue weighted by molar-refractivity contribution is -0.120. The highest BCUT2D eigenvalue weighted by Gasteiger charge is 2.07. The fourth-order valence-electron chi connectivity index (χ4n) is 1.64. The number of halogens is 1. The highest BCUT2D eigenvalue weighted by molar-refractivity contribution is 7.09. The molecular weight excluding hydrogens is 296 g/mol. The van der Waals surface area contributed by atoms with Crippen molar-refractivity contribution in [3.05, 3.63) is 45.9 Å². The SMILES string of the molecule is COc1ccc(CNC(=O)Cc2nc(CCl)cs2)cc1. The van der Waals surface area contributed by atoms with Crippen LogP contribution in [-0.4, -0.2) is 18.0 Å². The second-order valence-corrected chi connectivity index (χ2v) is 5.38. The van der Waals surface area contributed by atoms with E-state index in [1.54, 1.807) is 7.11 Å². The normalized spacial score (nSPS) is 10.3. The average molecular weight is 311 g/mol. The number of carbonyl (C=O) groups excluding carboxylic acids is 1. The predicted molar refractivity (Wildman–Crippen MR) is 80.2 cm³/mol. The van der Waals surface area contributed by atoms with Crippen molar-refractivity contribution in [1.82, 2.24) is 10.3 Å². The van der Waals surface area contributed by atoms with E-state index in [0.717, 1.165) is 22.0 Å². The van der Waals surface area contributed by atoms with Crippen molar-refractivity contribution in [2.75, 3.05) is 7.11 Å². The van der Waals surface area contributed by atoms with Gasteiger partial charge in [0.1, 0.15) is 10.8 Å². The lowest BCUT2D eigenvalue weighted by Gasteiger charge is -2.05. The molecule has 1 heterocycles. The van der Waals surface area contributed by atoms with Gasteiger partial charge in [-0.25, -0.2) is 4.98 Å². The van der Waals surface area contributed by atoms with Crippen molar-refractivity contribution in [3.8, 4) is 5.75 Å². The first kappa shape index (κ1) is 14.8. The Morgan fingerprint density at radius 2 is 2.15 bits per heavy atom. The number of carbonyl (C=O) groups is 1. The van der Waals surface area contributed by atoms with Crippen LogP contribution in [0.3, 0.4) is 0 Å². The van der Waals surface area contributed by atoms with Gasteiger partial charge < -0.3 is 10.1 Å². The van der Waals surface area contributed by atoms with Crippen molar-refractivity contribution in [1.29, 1.82) is 0 Å². The maximum absolute atomic E-state index is 11.8. The first-order valence-electron chi connectivity index (χ1n) is 6.10. The highest BCUT2D eigenvalue weighted by atomic mass is 35.5. The Hall–Kier alpha value is -1.59. The Labute approximate surface area is 126 Å². The second-order valence-electron chi connectivity index (χ2n) is 4.17. The van der Waals surface area contributed by atoms with Crippen LogP contribution in [0.1, 0.15) is 16.3 Å². The molecule has 1 amide bonds. The third kappa shape index (κ3) is 4.21. The summed E-state index contributed by atoms with van der Waals surface area (Å²) in [5, 5.41) is 5.53. The van der Waals surface area contributed by atoms with Crippen LogP contribution in [0.25, 0.3) is 0 Å². The molecule has 0 aliphatic carbocycles. The number of hydrogen-bond donors (Lipinski definition) is 1. The summed E-state index contributed by atoms with van der Waals surface area (Å²) in [7, 11) is 1.62. The van der Waals surface area contributed by atoms with Gasteiger partial charge in [-0.1, -0.05) is 12.1 Å². The number of alkyl halides is 1. The first-order chi connectivity index (χ1) is 9.71. The van der Waals surface area contributed by atoms with Gasteiger partial charge >= 0.3 is 0 Å². The maximum Gasteiger partial charge on any atom is 0.227 e. The summed E-state index contributed by atoms with van der Waals surface area (Å²) in [4.78, 5) is 16.1. The molecule has 0 aliphatic heterocycles. The van der Waals surface area contributed by atoms with Crippen LogP contribution in [0.4, 0.5) is 0 Å². The van der Waals surface area contributed by atoms with E-state index in [0.29, 0.717) is 12.4 Å². The summed E-state index contributed by atoms with van der Waals surface area (Å²) in [5.41, 5.74) is 1.84. The number of hydrogen-bond acceptors (Lipinski definition) is 4. The molecule has 0 unspecified atom stereocenters. The molecule has 0 radical (unpaired) electrons. The summed E-state index contributed by atoms with van der Waals surface area (Å²) in [5.74, 6) is 1.14. The number of nitrogens with one attached hydrogen (secondary N) is 1. The van der Waals surface area contributed by atoms with E-state index >= 15 is 0 Å². The van der Waals surface area contributed by atoms with Crippen LogP contribution in [0.2, 0.25) is 0 Å². The minimum Gasteiger partial charge on any atom is -0.497 e. The number of amides is 1. The molecule has 6 heteroatoms. The smallest absolute Gasteiger partial charge is 0.227 e. The highest BCUT2D eigenvalue weighted by Crippen LogP contribution is 2.13. The van der Waals surface area contributed by atoms with Gasteiger partial charge in [-0.3, -0.25) is 4.79 Å². The van der Waals surface area contributed by atoms with Crippen LogP contribution in [0.5, 0.6) is 5.75 Å². The number of methoxy groups -OCH3 is 1. The Bertz CT molecular complexity index is 569.